The van der Waals surface area contributed by atoms with Gasteiger partial charge in [0.1, 0.15) is 29.0 Å². The second-order valence-corrected chi connectivity index (χ2v) is 13.1. The van der Waals surface area contributed by atoms with Gasteiger partial charge in [-0.05, 0) is 30.9 Å². The lowest BCUT2D eigenvalue weighted by molar-refractivity contribution is 0.00975. The first-order valence-electron chi connectivity index (χ1n) is 15.3. The first-order chi connectivity index (χ1) is 21.9. The number of thiophene rings is 1. The second-order valence-electron chi connectivity index (χ2n) is 12.1. The Morgan fingerprint density at radius 1 is 1.13 bits per heavy atom. The fourth-order valence-electron chi connectivity index (χ4n) is 7.32. The molecule has 3 aromatic heterocycles. The Morgan fingerprint density at radius 3 is 2.64 bits per heavy atom. The van der Waals surface area contributed by atoms with E-state index in [0.717, 1.165) is 62.1 Å². The third-order valence-electron chi connectivity index (χ3n) is 9.55. The molecule has 0 saturated carbocycles. The zero-order valence-electron chi connectivity index (χ0n) is 24.7. The number of aromatic nitrogens is 3. The number of pyridine rings is 1. The molecule has 11 nitrogen and oxygen atoms in total. The fraction of sp³-hybridized carbons (Fsp3) is 0.484. The number of anilines is 2. The monoisotopic (exact) mass is 634 g/mol. The quantitative estimate of drug-likeness (QED) is 0.322. The molecule has 7 heterocycles. The van der Waals surface area contributed by atoms with E-state index in [2.05, 4.69) is 38.1 Å². The van der Waals surface area contributed by atoms with Gasteiger partial charge < -0.3 is 30.2 Å². The van der Waals surface area contributed by atoms with E-state index in [1.165, 1.54) is 0 Å². The maximum Gasteiger partial charge on any atom is 0.319 e. The van der Waals surface area contributed by atoms with E-state index in [9.17, 15) is 9.65 Å². The molecule has 3 N–H and O–H groups in total. The lowest BCUT2D eigenvalue weighted by Crippen LogP contribution is -2.52. The van der Waals surface area contributed by atoms with Gasteiger partial charge in [0.25, 0.3) is 0 Å². The van der Waals surface area contributed by atoms with Crippen LogP contribution in [0.1, 0.15) is 36.5 Å². The van der Waals surface area contributed by atoms with Gasteiger partial charge in [0.2, 0.25) is 0 Å². The van der Waals surface area contributed by atoms with Crippen molar-refractivity contribution in [2.75, 3.05) is 56.6 Å². The van der Waals surface area contributed by atoms with Crippen molar-refractivity contribution >= 4 is 43.1 Å². The molecule has 1 aromatic carbocycles. The molecule has 3 fully saturated rings. The molecule has 4 aliphatic heterocycles. The lowest BCUT2D eigenvalue weighted by atomic mass is 9.93. The number of nitrogen functional groups attached to an aromatic ring is 1. The van der Waals surface area contributed by atoms with Crippen LogP contribution in [0.4, 0.5) is 19.6 Å². The lowest BCUT2D eigenvalue weighted by Gasteiger charge is -2.37. The largest absolute Gasteiger partial charge is 0.462 e. The molecule has 0 spiro atoms. The Labute approximate surface area is 261 Å². The van der Waals surface area contributed by atoms with Crippen LogP contribution in [-0.4, -0.2) is 84.0 Å². The number of fused-ring (bicyclic) bond motifs is 6. The van der Waals surface area contributed by atoms with Crippen molar-refractivity contribution in [3.63, 3.8) is 0 Å². The van der Waals surface area contributed by atoms with Crippen LogP contribution in [-0.2, 0) is 22.7 Å². The molecule has 45 heavy (non-hydrogen) atoms. The number of ether oxygens (including phenoxy) is 3. The number of hydrogen-bond donors (Lipinski definition) is 2. The molecule has 4 aromatic rings. The van der Waals surface area contributed by atoms with Gasteiger partial charge in [0.05, 0.1) is 54.0 Å². The summed E-state index contributed by atoms with van der Waals surface area (Å²) >= 11 is 0.950. The van der Waals surface area contributed by atoms with Crippen LogP contribution < -0.4 is 20.7 Å². The van der Waals surface area contributed by atoms with Crippen LogP contribution in [0.3, 0.4) is 0 Å². The van der Waals surface area contributed by atoms with Gasteiger partial charge >= 0.3 is 6.01 Å². The summed E-state index contributed by atoms with van der Waals surface area (Å²) in [5.41, 5.74) is 7.91. The number of nitriles is 1. The van der Waals surface area contributed by atoms with E-state index in [-0.39, 0.29) is 74.8 Å². The minimum atomic E-state index is -0.638. The van der Waals surface area contributed by atoms with Gasteiger partial charge in [-0.25, -0.2) is 8.78 Å². The molecule has 8 rings (SSSR count). The zero-order chi connectivity index (χ0) is 30.8. The Bertz CT molecular complexity index is 1860. The Hall–Kier alpha value is -3.74. The van der Waals surface area contributed by atoms with Gasteiger partial charge in [-0.15, -0.1) is 11.3 Å². The Morgan fingerprint density at radius 2 is 1.89 bits per heavy atom. The Kier molecular flexibility index (Phi) is 7.18. The van der Waals surface area contributed by atoms with Crippen molar-refractivity contribution in [2.24, 2.45) is 0 Å². The van der Waals surface area contributed by atoms with Gasteiger partial charge in [-0.1, -0.05) is 0 Å². The summed E-state index contributed by atoms with van der Waals surface area (Å²) in [6.45, 7) is 7.32. The topological polar surface area (TPSA) is 135 Å². The summed E-state index contributed by atoms with van der Waals surface area (Å²) in [5.74, 6) is -0.615. The maximum atomic E-state index is 17.2. The SMILES string of the molecule is C[C@@H](COc1nc(N2C3CCC2CNC3)c2c3c(c(-c4ncc(F)c5sc(N)c(C#N)c45)c(F)c2n1)COC3)N1CCOCC1. The van der Waals surface area contributed by atoms with Gasteiger partial charge in [-0.2, -0.15) is 15.2 Å². The van der Waals surface area contributed by atoms with E-state index in [1.54, 1.807) is 0 Å². The standard InChI is InChI=1S/C31H32F2N8O3S/c1-15(40-4-6-42-7-5-40)12-44-31-38-27-24(30(39-31)41-16-2-3-17(41)10-36-9-16)20-14-43-13-19(20)22(25(27)33)26-23-18(8-34)29(35)45-28(23)21(32)11-37-26/h11,15-17,36H,2-7,9-10,12-14,35H2,1H3/t15-,16?,17?/m0/s1. The van der Waals surface area contributed by atoms with E-state index < -0.39 is 11.6 Å². The highest BCUT2D eigenvalue weighted by atomic mass is 32.1. The number of rotatable bonds is 6. The molecule has 3 saturated heterocycles. The average Bonchev–Trinajstić information content (AvgIpc) is 3.74. The number of hydrogen-bond acceptors (Lipinski definition) is 12. The maximum absolute atomic E-state index is 17.2. The van der Waals surface area contributed by atoms with Crippen molar-refractivity contribution in [1.82, 2.24) is 25.2 Å². The molecular formula is C31H32F2N8O3S. The van der Waals surface area contributed by atoms with Crippen molar-refractivity contribution < 1.29 is 23.0 Å². The molecule has 2 bridgehead atoms. The normalized spacial score (nSPS) is 22.2. The third kappa shape index (κ3) is 4.59. The molecule has 4 aliphatic rings. The first kappa shape index (κ1) is 28.7. The number of nitrogens with zero attached hydrogens (tertiary/aromatic N) is 6. The van der Waals surface area contributed by atoms with Crippen LogP contribution >= 0.6 is 11.3 Å². The summed E-state index contributed by atoms with van der Waals surface area (Å²) in [4.78, 5) is 18.6. The van der Waals surface area contributed by atoms with E-state index in [0.29, 0.717) is 36.6 Å². The van der Waals surface area contributed by atoms with Crippen molar-refractivity contribution in [2.45, 2.75) is 51.1 Å². The number of benzene rings is 1. The predicted molar refractivity (Wildman–Crippen MR) is 165 cm³/mol. The Balaban J connectivity index is 1.33. The number of halogens is 2. The number of piperazine rings is 1. The number of nitrogens with two attached hydrogens (primary N) is 1. The molecular weight excluding hydrogens is 602 g/mol. The molecule has 2 unspecified atom stereocenters. The summed E-state index contributed by atoms with van der Waals surface area (Å²) in [5, 5.41) is 14.4. The molecule has 14 heteroatoms. The summed E-state index contributed by atoms with van der Waals surface area (Å²) < 4.78 is 49.9. The first-order valence-corrected chi connectivity index (χ1v) is 16.1. The number of morpholine rings is 1. The molecule has 0 aliphatic carbocycles. The number of nitrogens with one attached hydrogen (secondary N) is 1. The van der Waals surface area contributed by atoms with Crippen LogP contribution in [0, 0.1) is 23.0 Å². The summed E-state index contributed by atoms with van der Waals surface area (Å²) in [7, 11) is 0. The van der Waals surface area contributed by atoms with Gasteiger partial charge in [-0.3, -0.25) is 9.88 Å². The van der Waals surface area contributed by atoms with Crippen molar-refractivity contribution in [3.05, 3.63) is 34.5 Å². The van der Waals surface area contributed by atoms with Crippen molar-refractivity contribution in [1.29, 1.82) is 5.26 Å². The highest BCUT2D eigenvalue weighted by Gasteiger charge is 2.40. The zero-order valence-corrected chi connectivity index (χ0v) is 25.6. The minimum Gasteiger partial charge on any atom is -0.462 e. The highest BCUT2D eigenvalue weighted by Crippen LogP contribution is 2.47. The van der Waals surface area contributed by atoms with Crippen LogP contribution in [0.2, 0.25) is 0 Å². The average molecular weight is 635 g/mol. The van der Waals surface area contributed by atoms with E-state index in [4.69, 9.17) is 24.9 Å². The summed E-state index contributed by atoms with van der Waals surface area (Å²) in [6, 6.07) is 2.64. The smallest absolute Gasteiger partial charge is 0.319 e. The molecule has 3 atom stereocenters. The fourth-order valence-corrected chi connectivity index (χ4v) is 8.24. The summed E-state index contributed by atoms with van der Waals surface area (Å²) in [6.07, 6.45) is 3.05. The van der Waals surface area contributed by atoms with Gasteiger partial charge in [0, 0.05) is 55.3 Å². The minimum absolute atomic E-state index is 0.0750. The van der Waals surface area contributed by atoms with E-state index >= 15 is 4.39 Å². The molecule has 0 amide bonds. The van der Waals surface area contributed by atoms with Crippen molar-refractivity contribution in [3.8, 4) is 23.3 Å². The van der Waals surface area contributed by atoms with Gasteiger partial charge in [0.15, 0.2) is 11.6 Å². The third-order valence-corrected chi connectivity index (χ3v) is 10.6. The molecule has 0 radical (unpaired) electrons. The second kappa shape index (κ2) is 11.3. The molecule has 234 valence electrons. The highest BCUT2D eigenvalue weighted by molar-refractivity contribution is 7.23. The van der Waals surface area contributed by atoms with Crippen LogP contribution in [0.15, 0.2) is 6.20 Å². The predicted octanol–water partition coefficient (Wildman–Crippen LogP) is 3.71. The van der Waals surface area contributed by atoms with Crippen LogP contribution in [0.5, 0.6) is 6.01 Å². The van der Waals surface area contributed by atoms with E-state index in [1.807, 2.05) is 0 Å². The van der Waals surface area contributed by atoms with Crippen LogP contribution in [0.25, 0.3) is 32.2 Å².